The van der Waals surface area contributed by atoms with Gasteiger partial charge in [-0.05, 0) is 51.4 Å². The fourth-order valence-electron chi connectivity index (χ4n) is 3.24. The van der Waals surface area contributed by atoms with Gasteiger partial charge in [-0.25, -0.2) is 0 Å². The van der Waals surface area contributed by atoms with Crippen LogP contribution in [-0.4, -0.2) is 70.5 Å². The Bertz CT molecular complexity index is 575. The van der Waals surface area contributed by atoms with E-state index in [1.54, 1.807) is 0 Å². The van der Waals surface area contributed by atoms with Crippen molar-refractivity contribution in [2.75, 3.05) is 53.6 Å². The Morgan fingerprint density at radius 2 is 2.00 bits per heavy atom. The number of guanidine groups is 1. The van der Waals surface area contributed by atoms with Gasteiger partial charge in [0.2, 0.25) is 0 Å². The lowest BCUT2D eigenvalue weighted by Gasteiger charge is -2.24. The molecule has 2 unspecified atom stereocenters. The van der Waals surface area contributed by atoms with Crippen molar-refractivity contribution in [2.24, 2.45) is 4.99 Å². The van der Waals surface area contributed by atoms with Crippen LogP contribution in [0.25, 0.3) is 0 Å². The van der Waals surface area contributed by atoms with Gasteiger partial charge < -0.3 is 25.0 Å². The monoisotopic (exact) mass is 518 g/mol. The summed E-state index contributed by atoms with van der Waals surface area (Å²) >= 11 is 0. The minimum atomic E-state index is 0. The molecule has 1 aromatic rings. The van der Waals surface area contributed by atoms with E-state index in [0.717, 1.165) is 58.1 Å². The van der Waals surface area contributed by atoms with Crippen LogP contribution in [0.5, 0.6) is 0 Å². The Kier molecular flexibility index (Phi) is 13.5. The minimum Gasteiger partial charge on any atom is -0.379 e. The van der Waals surface area contributed by atoms with Gasteiger partial charge in [-0.1, -0.05) is 31.2 Å². The molecule has 1 saturated heterocycles. The van der Waals surface area contributed by atoms with Crippen molar-refractivity contribution in [1.82, 2.24) is 15.5 Å². The third-order valence-corrected chi connectivity index (χ3v) is 5.02. The zero-order valence-electron chi connectivity index (χ0n) is 18.4. The van der Waals surface area contributed by atoms with E-state index in [1.807, 2.05) is 0 Å². The average molecular weight is 518 g/mol. The smallest absolute Gasteiger partial charge is 0.191 e. The predicted molar refractivity (Wildman–Crippen MR) is 131 cm³/mol. The van der Waals surface area contributed by atoms with E-state index >= 15 is 0 Å². The molecule has 0 aromatic heterocycles. The van der Waals surface area contributed by atoms with Gasteiger partial charge in [0.15, 0.2) is 5.96 Å². The Hall–Kier alpha value is -0.900. The number of aliphatic imine (C=N–C) groups is 1. The highest BCUT2D eigenvalue weighted by atomic mass is 127. The van der Waals surface area contributed by atoms with Gasteiger partial charge in [0, 0.05) is 26.3 Å². The van der Waals surface area contributed by atoms with Gasteiger partial charge in [-0.15, -0.1) is 24.0 Å². The highest BCUT2D eigenvalue weighted by Crippen LogP contribution is 2.19. The number of aryl methyl sites for hydroxylation is 1. The summed E-state index contributed by atoms with van der Waals surface area (Å²) in [6.45, 7) is 9.00. The topological polar surface area (TPSA) is 58.1 Å². The number of nitrogens with one attached hydrogen (secondary N) is 2. The van der Waals surface area contributed by atoms with E-state index in [4.69, 9.17) is 14.5 Å². The summed E-state index contributed by atoms with van der Waals surface area (Å²) in [6, 6.07) is 9.14. The van der Waals surface area contributed by atoms with Crippen molar-refractivity contribution in [3.8, 4) is 0 Å². The maximum atomic E-state index is 5.82. The van der Waals surface area contributed by atoms with Crippen molar-refractivity contribution in [1.29, 1.82) is 0 Å². The summed E-state index contributed by atoms with van der Waals surface area (Å²) in [5.74, 6) is 0.865. The van der Waals surface area contributed by atoms with Crippen molar-refractivity contribution < 1.29 is 9.47 Å². The molecule has 1 fully saturated rings. The number of nitrogens with zero attached hydrogens (tertiary/aromatic N) is 2. The molecule has 1 aliphatic rings. The van der Waals surface area contributed by atoms with Crippen LogP contribution in [0.4, 0.5) is 0 Å². The second-order valence-corrected chi connectivity index (χ2v) is 7.43. The summed E-state index contributed by atoms with van der Waals surface area (Å²) in [5, 5.41) is 6.76. The predicted octanol–water partition coefficient (Wildman–Crippen LogP) is 3.22. The first-order valence-corrected chi connectivity index (χ1v) is 10.6. The van der Waals surface area contributed by atoms with Crippen LogP contribution in [0.1, 0.15) is 43.9 Å². The maximum Gasteiger partial charge on any atom is 0.191 e. The molecular formula is C22H39IN4O2. The van der Waals surface area contributed by atoms with Gasteiger partial charge in [0.05, 0.1) is 25.3 Å². The number of hydrogen-bond donors (Lipinski definition) is 2. The number of halogens is 1. The van der Waals surface area contributed by atoms with E-state index in [2.05, 4.69) is 67.7 Å². The number of hydrogen-bond acceptors (Lipinski definition) is 4. The number of rotatable bonds is 11. The lowest BCUT2D eigenvalue weighted by molar-refractivity contribution is 0.0420. The Morgan fingerprint density at radius 1 is 1.24 bits per heavy atom. The third-order valence-electron chi connectivity index (χ3n) is 5.02. The SMILES string of the molecule is CCNC(=NCC(c1ccc(CC)cc1)N(C)C)NCCCOC1CCOC1.I. The van der Waals surface area contributed by atoms with E-state index < -0.39 is 0 Å². The summed E-state index contributed by atoms with van der Waals surface area (Å²) < 4.78 is 11.2. The molecule has 0 aliphatic carbocycles. The average Bonchev–Trinajstić information content (AvgIpc) is 3.21. The molecule has 29 heavy (non-hydrogen) atoms. The quantitative estimate of drug-likeness (QED) is 0.204. The minimum absolute atomic E-state index is 0. The molecule has 2 rings (SSSR count). The van der Waals surface area contributed by atoms with E-state index in [-0.39, 0.29) is 36.1 Å². The number of likely N-dealkylation sites (N-methyl/N-ethyl adjacent to an activating group) is 1. The fraction of sp³-hybridized carbons (Fsp3) is 0.682. The standard InChI is InChI=1S/C22H38N4O2.HI/c1-5-18-8-10-19(11-9-18)21(26(3)4)16-25-22(23-6-2)24-13-7-14-28-20-12-15-27-17-20;/h8-11,20-21H,5-7,12-17H2,1-4H3,(H2,23,24,25);1H. The van der Waals surface area contributed by atoms with Crippen LogP contribution in [0.2, 0.25) is 0 Å². The molecule has 2 atom stereocenters. The second kappa shape index (κ2) is 15.0. The van der Waals surface area contributed by atoms with Crippen LogP contribution >= 0.6 is 24.0 Å². The summed E-state index contributed by atoms with van der Waals surface area (Å²) in [4.78, 5) is 7.05. The molecular weight excluding hydrogens is 479 g/mol. The maximum absolute atomic E-state index is 5.82. The molecule has 1 heterocycles. The molecule has 7 heteroatoms. The molecule has 6 nitrogen and oxygen atoms in total. The highest BCUT2D eigenvalue weighted by Gasteiger charge is 2.16. The Morgan fingerprint density at radius 3 is 2.59 bits per heavy atom. The first-order chi connectivity index (χ1) is 13.6. The van der Waals surface area contributed by atoms with Crippen LogP contribution < -0.4 is 10.6 Å². The highest BCUT2D eigenvalue weighted by molar-refractivity contribution is 14.0. The van der Waals surface area contributed by atoms with Crippen LogP contribution in [0.3, 0.4) is 0 Å². The number of benzene rings is 1. The van der Waals surface area contributed by atoms with Gasteiger partial charge >= 0.3 is 0 Å². The third kappa shape index (κ3) is 9.63. The van der Waals surface area contributed by atoms with E-state index in [1.165, 1.54) is 11.1 Å². The zero-order chi connectivity index (χ0) is 20.2. The van der Waals surface area contributed by atoms with Crippen LogP contribution in [-0.2, 0) is 15.9 Å². The van der Waals surface area contributed by atoms with E-state index in [0.29, 0.717) is 6.54 Å². The normalized spacial score (nSPS) is 17.8. The molecule has 2 N–H and O–H groups in total. The second-order valence-electron chi connectivity index (χ2n) is 7.43. The van der Waals surface area contributed by atoms with Crippen LogP contribution in [0.15, 0.2) is 29.3 Å². The molecule has 1 aromatic carbocycles. The van der Waals surface area contributed by atoms with Crippen LogP contribution in [0, 0.1) is 0 Å². The molecule has 0 saturated carbocycles. The van der Waals surface area contributed by atoms with Crippen molar-refractivity contribution in [3.63, 3.8) is 0 Å². The van der Waals surface area contributed by atoms with Gasteiger partial charge in [0.25, 0.3) is 0 Å². The lowest BCUT2D eigenvalue weighted by Crippen LogP contribution is -2.39. The largest absolute Gasteiger partial charge is 0.379 e. The van der Waals surface area contributed by atoms with Crippen molar-refractivity contribution in [3.05, 3.63) is 35.4 Å². The van der Waals surface area contributed by atoms with E-state index in [9.17, 15) is 0 Å². The zero-order valence-corrected chi connectivity index (χ0v) is 20.8. The van der Waals surface area contributed by atoms with Gasteiger partial charge in [0.1, 0.15) is 0 Å². The lowest BCUT2D eigenvalue weighted by atomic mass is 10.0. The fourth-order valence-corrected chi connectivity index (χ4v) is 3.24. The van der Waals surface area contributed by atoms with Gasteiger partial charge in [-0.3, -0.25) is 4.99 Å². The molecule has 0 radical (unpaired) electrons. The summed E-state index contributed by atoms with van der Waals surface area (Å²) in [6.07, 6.45) is 3.32. The Labute approximate surface area is 193 Å². The van der Waals surface area contributed by atoms with Gasteiger partial charge in [-0.2, -0.15) is 0 Å². The molecule has 0 bridgehead atoms. The first kappa shape index (κ1) is 26.1. The summed E-state index contributed by atoms with van der Waals surface area (Å²) in [7, 11) is 4.22. The Balaban J connectivity index is 0.00000420. The summed E-state index contributed by atoms with van der Waals surface area (Å²) in [5.41, 5.74) is 2.67. The molecule has 0 spiro atoms. The first-order valence-electron chi connectivity index (χ1n) is 10.6. The molecule has 0 amide bonds. The molecule has 166 valence electrons. The number of ether oxygens (including phenoxy) is 2. The van der Waals surface area contributed by atoms with Crippen molar-refractivity contribution in [2.45, 2.75) is 45.3 Å². The van der Waals surface area contributed by atoms with Crippen molar-refractivity contribution >= 4 is 29.9 Å². The molecule has 1 aliphatic heterocycles.